The third-order valence-corrected chi connectivity index (χ3v) is 5.24. The number of carbonyl (C=O) groups is 1. The molecule has 34 heavy (non-hydrogen) atoms. The number of amides is 2. The van der Waals surface area contributed by atoms with Gasteiger partial charge < -0.3 is 24.3 Å². The van der Waals surface area contributed by atoms with Crippen molar-refractivity contribution < 1.29 is 23.7 Å². The summed E-state index contributed by atoms with van der Waals surface area (Å²) in [5.41, 5.74) is 1.56. The predicted octanol–water partition coefficient (Wildman–Crippen LogP) is 3.80. The predicted molar refractivity (Wildman–Crippen MR) is 124 cm³/mol. The van der Waals surface area contributed by atoms with Gasteiger partial charge in [0.05, 0.1) is 25.1 Å². The van der Waals surface area contributed by atoms with Crippen LogP contribution in [0.15, 0.2) is 36.5 Å². The number of nitrogens with one attached hydrogen (secondary N) is 2. The molecule has 3 heterocycles. The summed E-state index contributed by atoms with van der Waals surface area (Å²) in [6, 6.07) is 7.06. The second-order valence-electron chi connectivity index (χ2n) is 7.77. The molecule has 2 bridgehead atoms. The fourth-order valence-corrected chi connectivity index (χ4v) is 3.53. The summed E-state index contributed by atoms with van der Waals surface area (Å²) in [5, 5.41) is 14.6. The fourth-order valence-electron chi connectivity index (χ4n) is 3.53. The molecule has 2 aliphatic heterocycles. The van der Waals surface area contributed by atoms with Gasteiger partial charge in [-0.2, -0.15) is 10.2 Å². The van der Waals surface area contributed by atoms with Crippen LogP contribution in [-0.4, -0.2) is 48.7 Å². The van der Waals surface area contributed by atoms with Crippen LogP contribution in [-0.2, 0) is 15.9 Å². The van der Waals surface area contributed by atoms with Crippen LogP contribution in [0.25, 0.3) is 0 Å². The normalized spacial score (nSPS) is 19.5. The second kappa shape index (κ2) is 12.0. The maximum atomic E-state index is 12.7. The molecule has 1 saturated heterocycles. The summed E-state index contributed by atoms with van der Waals surface area (Å²) in [6.45, 7) is 1.90. The molecule has 10 heteroatoms. The lowest BCUT2D eigenvalue weighted by Gasteiger charge is -2.22. The maximum Gasteiger partial charge on any atom is 0.325 e. The van der Waals surface area contributed by atoms with Crippen molar-refractivity contribution in [3.05, 3.63) is 47.8 Å². The summed E-state index contributed by atoms with van der Waals surface area (Å²) in [7, 11) is 0. The van der Waals surface area contributed by atoms with E-state index in [1.54, 1.807) is 0 Å². The van der Waals surface area contributed by atoms with Crippen molar-refractivity contribution in [2.45, 2.75) is 38.4 Å². The van der Waals surface area contributed by atoms with Crippen molar-refractivity contribution in [2.24, 2.45) is 0 Å². The molecule has 1 aromatic heterocycles. The smallest absolute Gasteiger partial charge is 0.325 e. The van der Waals surface area contributed by atoms with Crippen molar-refractivity contribution in [2.75, 3.05) is 37.1 Å². The highest BCUT2D eigenvalue weighted by Gasteiger charge is 2.15. The molecule has 1 fully saturated rings. The van der Waals surface area contributed by atoms with Gasteiger partial charge in [0, 0.05) is 6.61 Å². The molecule has 178 valence electrons. The molecule has 2 N–H and O–H groups in total. The number of hydrogen-bond acceptors (Lipinski definition) is 8. The zero-order valence-corrected chi connectivity index (χ0v) is 18.8. The molecule has 10 nitrogen and oxygen atoms in total. The highest BCUT2D eigenvalue weighted by Crippen LogP contribution is 2.27. The van der Waals surface area contributed by atoms with E-state index in [9.17, 15) is 10.1 Å². The topological polar surface area (TPSA) is 128 Å². The molecule has 2 aromatic rings. The lowest BCUT2D eigenvalue weighted by molar-refractivity contribution is -0.161. The van der Waals surface area contributed by atoms with Crippen LogP contribution in [0, 0.1) is 11.3 Å². The minimum atomic E-state index is -0.524. The molecule has 0 radical (unpaired) electrons. The number of aromatic nitrogens is 2. The minimum Gasteiger partial charge on any atom is -0.487 e. The Balaban J connectivity index is 1.47. The van der Waals surface area contributed by atoms with Gasteiger partial charge in [-0.3, -0.25) is 5.32 Å². The standard InChI is InChI=1S/C24H27N5O5/c25-15-19-23-28-21(16-26-19)29-24(30)27-18-14-17(9-13-33-22-6-2-5-11-32-22)7-8-20(18)31-10-3-1-4-12-34-23/h1,3,7-8,14,16,22H,2,4-6,9-13H2,(H2,27,28,29,30)/b3-1-. The van der Waals surface area contributed by atoms with E-state index in [-0.39, 0.29) is 23.7 Å². The number of nitrogens with zero attached hydrogens (tertiary/aromatic N) is 3. The van der Waals surface area contributed by atoms with Gasteiger partial charge in [0.15, 0.2) is 12.1 Å². The van der Waals surface area contributed by atoms with Crippen LogP contribution >= 0.6 is 0 Å². The number of benzene rings is 1. The molecule has 2 amide bonds. The van der Waals surface area contributed by atoms with Crippen LogP contribution in [0.1, 0.15) is 36.9 Å². The quantitative estimate of drug-likeness (QED) is 0.653. The molecule has 0 saturated carbocycles. The van der Waals surface area contributed by atoms with E-state index in [0.717, 1.165) is 31.4 Å². The number of rotatable bonds is 4. The number of fused-ring (bicyclic) bond motifs is 3. The zero-order valence-electron chi connectivity index (χ0n) is 18.8. The molecule has 0 spiro atoms. The van der Waals surface area contributed by atoms with Crippen molar-refractivity contribution in [1.29, 1.82) is 5.26 Å². The van der Waals surface area contributed by atoms with Crippen molar-refractivity contribution in [3.63, 3.8) is 0 Å². The van der Waals surface area contributed by atoms with E-state index in [4.69, 9.17) is 18.9 Å². The van der Waals surface area contributed by atoms with Crippen LogP contribution in [0.3, 0.4) is 0 Å². The van der Waals surface area contributed by atoms with Crippen LogP contribution < -0.4 is 20.1 Å². The molecule has 1 aromatic carbocycles. The first-order valence-corrected chi connectivity index (χ1v) is 11.3. The minimum absolute atomic E-state index is 0.0541. The first-order valence-electron chi connectivity index (χ1n) is 11.3. The van der Waals surface area contributed by atoms with Gasteiger partial charge in [-0.1, -0.05) is 18.2 Å². The van der Waals surface area contributed by atoms with E-state index in [1.165, 1.54) is 6.20 Å². The number of urea groups is 1. The van der Waals surface area contributed by atoms with Gasteiger partial charge in [0.1, 0.15) is 18.4 Å². The highest BCUT2D eigenvalue weighted by atomic mass is 16.7. The molecular weight excluding hydrogens is 438 g/mol. The van der Waals surface area contributed by atoms with Crippen LogP contribution in [0.4, 0.5) is 16.3 Å². The molecule has 1 unspecified atom stereocenters. The van der Waals surface area contributed by atoms with Crippen LogP contribution in [0.5, 0.6) is 11.6 Å². The summed E-state index contributed by atoms with van der Waals surface area (Å²) >= 11 is 0. The summed E-state index contributed by atoms with van der Waals surface area (Å²) in [6.07, 6.45) is 9.32. The molecular formula is C24H27N5O5. The van der Waals surface area contributed by atoms with E-state index in [0.29, 0.717) is 44.1 Å². The Morgan fingerprint density at radius 2 is 2.12 bits per heavy atom. The second-order valence-corrected chi connectivity index (χ2v) is 7.77. The largest absolute Gasteiger partial charge is 0.487 e. The van der Waals surface area contributed by atoms with Gasteiger partial charge in [0.25, 0.3) is 5.88 Å². The van der Waals surface area contributed by atoms with E-state index >= 15 is 0 Å². The Kier molecular flexibility index (Phi) is 8.27. The fraction of sp³-hybridized carbons (Fsp3) is 0.417. The number of nitriles is 1. The maximum absolute atomic E-state index is 12.7. The summed E-state index contributed by atoms with van der Waals surface area (Å²) < 4.78 is 22.9. The van der Waals surface area contributed by atoms with E-state index in [2.05, 4.69) is 20.6 Å². The third-order valence-electron chi connectivity index (χ3n) is 5.24. The van der Waals surface area contributed by atoms with Gasteiger partial charge in [-0.15, -0.1) is 0 Å². The monoisotopic (exact) mass is 465 g/mol. The van der Waals surface area contributed by atoms with Crippen LogP contribution in [0.2, 0.25) is 0 Å². The Morgan fingerprint density at radius 3 is 2.97 bits per heavy atom. The number of carbonyl (C=O) groups excluding carboxylic acids is 1. The van der Waals surface area contributed by atoms with Crippen molar-refractivity contribution >= 4 is 17.5 Å². The average molecular weight is 466 g/mol. The van der Waals surface area contributed by atoms with Gasteiger partial charge in [-0.25, -0.2) is 9.78 Å². The summed E-state index contributed by atoms with van der Waals surface area (Å²) in [4.78, 5) is 20.9. The zero-order chi connectivity index (χ0) is 23.6. The molecule has 4 rings (SSSR count). The number of hydrogen-bond donors (Lipinski definition) is 2. The lowest BCUT2D eigenvalue weighted by atomic mass is 10.1. The lowest BCUT2D eigenvalue weighted by Crippen LogP contribution is -2.23. The molecule has 0 aliphatic carbocycles. The molecule has 2 aliphatic rings. The van der Waals surface area contributed by atoms with Gasteiger partial charge in [-0.05, 0) is 49.8 Å². The van der Waals surface area contributed by atoms with E-state index < -0.39 is 6.03 Å². The SMILES string of the molecule is N#Cc1ncc2nc1OCC/C=C\COc1ccc(CCOC3CCCCO3)cc1NC(=O)N2. The Hall–Kier alpha value is -3.68. The third kappa shape index (κ3) is 6.66. The number of ether oxygens (including phenoxy) is 4. The average Bonchev–Trinajstić information content (AvgIpc) is 2.85. The van der Waals surface area contributed by atoms with E-state index in [1.807, 2.05) is 36.4 Å². The Labute approximate surface area is 197 Å². The van der Waals surface area contributed by atoms with Gasteiger partial charge in [0.2, 0.25) is 5.69 Å². The van der Waals surface area contributed by atoms with Crippen molar-refractivity contribution in [3.8, 4) is 17.7 Å². The Morgan fingerprint density at radius 1 is 1.18 bits per heavy atom. The Bertz CT molecular complexity index is 1060. The van der Waals surface area contributed by atoms with Crippen molar-refractivity contribution in [1.82, 2.24) is 9.97 Å². The first kappa shape index (κ1) is 23.5. The highest BCUT2D eigenvalue weighted by molar-refractivity contribution is 6.00. The molecule has 1 atom stereocenters. The summed E-state index contributed by atoms with van der Waals surface area (Å²) in [5.74, 6) is 0.777. The van der Waals surface area contributed by atoms with Gasteiger partial charge >= 0.3 is 6.03 Å². The first-order chi connectivity index (χ1) is 16.7. The number of anilines is 2.